The summed E-state index contributed by atoms with van der Waals surface area (Å²) in [5.74, 6) is -0.149. The molecule has 9 heteroatoms. The van der Waals surface area contributed by atoms with Gasteiger partial charge in [0.05, 0.1) is 29.6 Å². The third kappa shape index (κ3) is 3.87. The first-order valence-corrected chi connectivity index (χ1v) is 10.8. The number of nitrogens with two attached hydrogens (primary N) is 1. The first-order valence-electron chi connectivity index (χ1n) is 10.8. The lowest BCUT2D eigenvalue weighted by Gasteiger charge is -2.38. The number of aromatic nitrogens is 4. The molecule has 0 radical (unpaired) electrons. The summed E-state index contributed by atoms with van der Waals surface area (Å²) in [5, 5.41) is 15.9. The minimum Gasteiger partial charge on any atom is -0.398 e. The number of anilines is 1. The van der Waals surface area contributed by atoms with Crippen molar-refractivity contribution in [2.45, 2.75) is 25.0 Å². The van der Waals surface area contributed by atoms with Gasteiger partial charge in [-0.3, -0.25) is 14.2 Å². The number of piperidine rings is 1. The molecular weight excluding hydrogens is 420 g/mol. The molecule has 9 nitrogen and oxygen atoms in total. The molecule has 0 aliphatic carbocycles. The Hall–Kier alpha value is -3.98. The van der Waals surface area contributed by atoms with Crippen molar-refractivity contribution in [2.24, 2.45) is 0 Å². The number of hydrogen-bond acceptors (Lipinski definition) is 6. The van der Waals surface area contributed by atoms with Crippen molar-refractivity contribution in [3.63, 3.8) is 0 Å². The maximum Gasteiger partial charge on any atom is 0.264 e. The standard InChI is InChI=1S/C24H24N6O3/c25-20-9-5-4-8-18(20)22(31)28-12-10-24(33,11-13-28)15-29-16-26-21-19(23(29)32)14-27-30(21)17-6-2-1-3-7-17/h1-9,14,16,33H,10-13,15,25H2. The van der Waals surface area contributed by atoms with E-state index in [1.54, 1.807) is 33.8 Å². The summed E-state index contributed by atoms with van der Waals surface area (Å²) in [6.45, 7) is 0.848. The van der Waals surface area contributed by atoms with Gasteiger partial charge in [0.2, 0.25) is 0 Å². The molecule has 2 aromatic carbocycles. The molecule has 5 rings (SSSR count). The van der Waals surface area contributed by atoms with Gasteiger partial charge in [0.25, 0.3) is 11.5 Å². The second-order valence-corrected chi connectivity index (χ2v) is 8.41. The van der Waals surface area contributed by atoms with E-state index in [2.05, 4.69) is 10.1 Å². The Morgan fingerprint density at radius 3 is 2.48 bits per heavy atom. The Kier molecular flexibility index (Phi) is 5.18. The van der Waals surface area contributed by atoms with Crippen LogP contribution in [0.2, 0.25) is 0 Å². The molecule has 0 unspecified atom stereocenters. The van der Waals surface area contributed by atoms with E-state index in [9.17, 15) is 14.7 Å². The van der Waals surface area contributed by atoms with E-state index < -0.39 is 5.60 Å². The van der Waals surface area contributed by atoms with Gasteiger partial charge in [-0.1, -0.05) is 30.3 Å². The normalized spacial score (nSPS) is 15.6. The van der Waals surface area contributed by atoms with Crippen molar-refractivity contribution in [1.82, 2.24) is 24.2 Å². The average molecular weight is 444 g/mol. The number of nitrogen functional groups attached to an aromatic ring is 1. The summed E-state index contributed by atoms with van der Waals surface area (Å²) in [6, 6.07) is 16.4. The maximum atomic E-state index is 13.1. The van der Waals surface area contributed by atoms with Crippen LogP contribution in [0, 0.1) is 0 Å². The molecule has 1 aliphatic rings. The number of aliphatic hydroxyl groups is 1. The van der Waals surface area contributed by atoms with Crippen LogP contribution in [0.25, 0.3) is 16.7 Å². The fourth-order valence-electron chi connectivity index (χ4n) is 4.28. The van der Waals surface area contributed by atoms with Crippen molar-refractivity contribution >= 4 is 22.6 Å². The van der Waals surface area contributed by atoms with Gasteiger partial charge in [0.15, 0.2) is 5.65 Å². The minimum atomic E-state index is -1.12. The van der Waals surface area contributed by atoms with E-state index in [1.807, 2.05) is 30.3 Å². The molecule has 168 valence electrons. The molecule has 1 aliphatic heterocycles. The first kappa shape index (κ1) is 20.9. The lowest BCUT2D eigenvalue weighted by atomic mass is 9.90. The largest absolute Gasteiger partial charge is 0.398 e. The van der Waals surface area contributed by atoms with Gasteiger partial charge in [-0.05, 0) is 37.1 Å². The average Bonchev–Trinajstić information content (AvgIpc) is 3.27. The van der Waals surface area contributed by atoms with Crippen LogP contribution < -0.4 is 11.3 Å². The smallest absolute Gasteiger partial charge is 0.264 e. The molecule has 0 atom stereocenters. The van der Waals surface area contributed by atoms with Gasteiger partial charge < -0.3 is 15.7 Å². The molecule has 0 spiro atoms. The number of para-hydroxylation sites is 2. The highest BCUT2D eigenvalue weighted by Crippen LogP contribution is 2.26. The van der Waals surface area contributed by atoms with Crippen LogP contribution in [0.4, 0.5) is 5.69 Å². The molecule has 2 aromatic heterocycles. The van der Waals surface area contributed by atoms with Crippen molar-refractivity contribution in [2.75, 3.05) is 18.8 Å². The monoisotopic (exact) mass is 444 g/mol. The maximum absolute atomic E-state index is 13.1. The first-order chi connectivity index (χ1) is 16.0. The van der Waals surface area contributed by atoms with Gasteiger partial charge in [0, 0.05) is 18.8 Å². The Morgan fingerprint density at radius 1 is 1.06 bits per heavy atom. The molecule has 4 aromatic rings. The SMILES string of the molecule is Nc1ccccc1C(=O)N1CCC(O)(Cn2cnc3c(cnn3-c3ccccc3)c2=O)CC1. The van der Waals surface area contributed by atoms with Crippen molar-refractivity contribution in [1.29, 1.82) is 0 Å². The fraction of sp³-hybridized carbons (Fsp3) is 0.250. The zero-order chi connectivity index (χ0) is 23.0. The second kappa shape index (κ2) is 8.18. The summed E-state index contributed by atoms with van der Waals surface area (Å²) in [5.41, 5.74) is 6.74. The van der Waals surface area contributed by atoms with E-state index in [-0.39, 0.29) is 18.0 Å². The molecule has 1 saturated heterocycles. The molecule has 33 heavy (non-hydrogen) atoms. The number of amides is 1. The topological polar surface area (TPSA) is 119 Å². The second-order valence-electron chi connectivity index (χ2n) is 8.41. The van der Waals surface area contributed by atoms with E-state index in [4.69, 9.17) is 5.73 Å². The molecule has 3 heterocycles. The van der Waals surface area contributed by atoms with Gasteiger partial charge in [-0.15, -0.1) is 0 Å². The zero-order valence-corrected chi connectivity index (χ0v) is 18.0. The van der Waals surface area contributed by atoms with Gasteiger partial charge in [0.1, 0.15) is 11.7 Å². The summed E-state index contributed by atoms with van der Waals surface area (Å²) in [6.07, 6.45) is 3.65. The number of benzene rings is 2. The third-order valence-electron chi connectivity index (χ3n) is 6.19. The summed E-state index contributed by atoms with van der Waals surface area (Å²) in [4.78, 5) is 32.0. The highest BCUT2D eigenvalue weighted by atomic mass is 16.3. The van der Waals surface area contributed by atoms with E-state index in [1.165, 1.54) is 17.1 Å². The zero-order valence-electron chi connectivity index (χ0n) is 18.0. The Balaban J connectivity index is 1.33. The van der Waals surface area contributed by atoms with Crippen molar-refractivity contribution in [3.8, 4) is 5.69 Å². The fourth-order valence-corrected chi connectivity index (χ4v) is 4.28. The lowest BCUT2D eigenvalue weighted by Crippen LogP contribution is -2.49. The number of carbonyl (C=O) groups excluding carboxylic acids is 1. The van der Waals surface area contributed by atoms with Gasteiger partial charge in [-0.25, -0.2) is 9.67 Å². The van der Waals surface area contributed by atoms with Crippen molar-refractivity contribution < 1.29 is 9.90 Å². The molecule has 0 saturated carbocycles. The number of hydrogen-bond donors (Lipinski definition) is 2. The molecule has 3 N–H and O–H groups in total. The van der Waals surface area contributed by atoms with Crippen LogP contribution in [0.5, 0.6) is 0 Å². The highest BCUT2D eigenvalue weighted by Gasteiger charge is 2.35. The summed E-state index contributed by atoms with van der Waals surface area (Å²) < 4.78 is 3.04. The third-order valence-corrected chi connectivity index (χ3v) is 6.19. The molecule has 1 amide bonds. The van der Waals surface area contributed by atoms with Gasteiger partial charge in [-0.2, -0.15) is 5.10 Å². The highest BCUT2D eigenvalue weighted by molar-refractivity contribution is 5.99. The van der Waals surface area contributed by atoms with E-state index >= 15 is 0 Å². The van der Waals surface area contributed by atoms with Gasteiger partial charge >= 0.3 is 0 Å². The summed E-state index contributed by atoms with van der Waals surface area (Å²) >= 11 is 0. The van der Waals surface area contributed by atoms with Crippen LogP contribution >= 0.6 is 0 Å². The number of fused-ring (bicyclic) bond motifs is 1. The number of nitrogens with zero attached hydrogens (tertiary/aromatic N) is 5. The van der Waals surface area contributed by atoms with Crippen LogP contribution in [0.3, 0.4) is 0 Å². The predicted molar refractivity (Wildman–Crippen MR) is 124 cm³/mol. The Morgan fingerprint density at radius 2 is 1.76 bits per heavy atom. The lowest BCUT2D eigenvalue weighted by molar-refractivity contribution is -0.0299. The van der Waals surface area contributed by atoms with Crippen LogP contribution in [-0.4, -0.2) is 53.9 Å². The Bertz CT molecular complexity index is 1370. The molecule has 0 bridgehead atoms. The summed E-state index contributed by atoms with van der Waals surface area (Å²) in [7, 11) is 0. The number of likely N-dealkylation sites (tertiary alicyclic amines) is 1. The predicted octanol–water partition coefficient (Wildman–Crippen LogP) is 1.83. The van der Waals surface area contributed by atoms with Crippen molar-refractivity contribution in [3.05, 3.63) is 83.0 Å². The van der Waals surface area contributed by atoms with Crippen LogP contribution in [0.1, 0.15) is 23.2 Å². The minimum absolute atomic E-state index is 0.0980. The quantitative estimate of drug-likeness (QED) is 0.464. The number of carbonyl (C=O) groups is 1. The molecular formula is C24H24N6O3. The van der Waals surface area contributed by atoms with Crippen LogP contribution in [0.15, 0.2) is 71.9 Å². The Labute approximate surface area is 189 Å². The molecule has 1 fully saturated rings. The van der Waals surface area contributed by atoms with E-state index in [0.29, 0.717) is 48.2 Å². The van der Waals surface area contributed by atoms with Crippen LogP contribution in [-0.2, 0) is 6.54 Å². The number of rotatable bonds is 4. The van der Waals surface area contributed by atoms with E-state index in [0.717, 1.165) is 5.69 Å².